The number of ether oxygens (including phenoxy) is 1. The van der Waals surface area contributed by atoms with Gasteiger partial charge in [-0.05, 0) is 34.7 Å². The van der Waals surface area contributed by atoms with Gasteiger partial charge < -0.3 is 4.74 Å². The summed E-state index contributed by atoms with van der Waals surface area (Å²) in [6, 6.07) is 20.8. The van der Waals surface area contributed by atoms with Gasteiger partial charge in [-0.25, -0.2) is 0 Å². The van der Waals surface area contributed by atoms with E-state index in [4.69, 9.17) is 4.74 Å². The molecule has 21 heavy (non-hydrogen) atoms. The molecule has 3 aromatic rings. The van der Waals surface area contributed by atoms with Crippen molar-refractivity contribution in [3.63, 3.8) is 0 Å². The lowest BCUT2D eigenvalue weighted by atomic mass is 9.98. The summed E-state index contributed by atoms with van der Waals surface area (Å²) in [5, 5.41) is 2.34. The number of methoxy groups -OCH3 is 1. The van der Waals surface area contributed by atoms with E-state index in [9.17, 15) is 0 Å². The standard InChI is InChI=1S/C18H14Br2O/c1-21-17-10-9-16(14-7-2-3-8-15(14)17)18(20)12-5-4-6-13(19)11-12/h2-11,18H,1H3. The first-order chi connectivity index (χ1) is 10.2. The highest BCUT2D eigenvalue weighted by molar-refractivity contribution is 9.10. The van der Waals surface area contributed by atoms with Crippen molar-refractivity contribution in [2.75, 3.05) is 7.11 Å². The zero-order valence-electron chi connectivity index (χ0n) is 11.5. The number of halogens is 2. The van der Waals surface area contributed by atoms with E-state index in [-0.39, 0.29) is 4.83 Å². The first-order valence-corrected chi connectivity index (χ1v) is 8.36. The Morgan fingerprint density at radius 3 is 2.38 bits per heavy atom. The maximum absolute atomic E-state index is 5.46. The number of hydrogen-bond donors (Lipinski definition) is 0. The predicted molar refractivity (Wildman–Crippen MR) is 95.4 cm³/mol. The fourth-order valence-electron chi connectivity index (χ4n) is 2.54. The van der Waals surface area contributed by atoms with Crippen LogP contribution in [0.2, 0.25) is 0 Å². The molecule has 0 aliphatic rings. The van der Waals surface area contributed by atoms with E-state index in [0.717, 1.165) is 15.6 Å². The van der Waals surface area contributed by atoms with E-state index in [0.29, 0.717) is 0 Å². The summed E-state index contributed by atoms with van der Waals surface area (Å²) in [5.41, 5.74) is 2.46. The second-order valence-electron chi connectivity index (χ2n) is 4.82. The average Bonchev–Trinajstić information content (AvgIpc) is 2.53. The fraction of sp³-hybridized carbons (Fsp3) is 0.111. The Morgan fingerprint density at radius 2 is 1.67 bits per heavy atom. The van der Waals surface area contributed by atoms with Gasteiger partial charge in [0, 0.05) is 9.86 Å². The number of benzene rings is 3. The van der Waals surface area contributed by atoms with Crippen molar-refractivity contribution in [3.05, 3.63) is 76.3 Å². The number of fused-ring (bicyclic) bond motifs is 1. The summed E-state index contributed by atoms with van der Waals surface area (Å²) < 4.78 is 6.55. The minimum Gasteiger partial charge on any atom is -0.496 e. The highest BCUT2D eigenvalue weighted by atomic mass is 79.9. The average molecular weight is 406 g/mol. The molecule has 0 fully saturated rings. The molecule has 0 aromatic heterocycles. The Bertz CT molecular complexity index is 783. The van der Waals surface area contributed by atoms with Crippen LogP contribution in [0.15, 0.2) is 65.1 Å². The summed E-state index contributed by atoms with van der Waals surface area (Å²) in [7, 11) is 1.71. The number of alkyl halides is 1. The SMILES string of the molecule is COc1ccc(C(Br)c2cccc(Br)c2)c2ccccc12. The Kier molecular flexibility index (Phi) is 4.32. The van der Waals surface area contributed by atoms with Crippen LogP contribution in [0.3, 0.4) is 0 Å². The first kappa shape index (κ1) is 14.6. The summed E-state index contributed by atoms with van der Waals surface area (Å²) >= 11 is 7.37. The van der Waals surface area contributed by atoms with Crippen molar-refractivity contribution >= 4 is 42.6 Å². The highest BCUT2D eigenvalue weighted by Crippen LogP contribution is 2.38. The summed E-state index contributed by atoms with van der Waals surface area (Å²) in [4.78, 5) is 0.144. The Balaban J connectivity index is 2.17. The smallest absolute Gasteiger partial charge is 0.126 e. The van der Waals surface area contributed by atoms with E-state index in [2.05, 4.69) is 74.3 Å². The minimum absolute atomic E-state index is 0.144. The molecule has 0 spiro atoms. The van der Waals surface area contributed by atoms with Crippen molar-refractivity contribution < 1.29 is 4.74 Å². The topological polar surface area (TPSA) is 9.23 Å². The van der Waals surface area contributed by atoms with E-state index >= 15 is 0 Å². The molecule has 0 saturated carbocycles. The van der Waals surface area contributed by atoms with Gasteiger partial charge in [-0.2, -0.15) is 0 Å². The fourth-order valence-corrected chi connectivity index (χ4v) is 3.64. The molecule has 106 valence electrons. The van der Waals surface area contributed by atoms with Gasteiger partial charge in [-0.15, -0.1) is 0 Å². The Morgan fingerprint density at radius 1 is 0.905 bits per heavy atom. The van der Waals surface area contributed by atoms with Crippen LogP contribution >= 0.6 is 31.9 Å². The third-order valence-electron chi connectivity index (χ3n) is 3.55. The van der Waals surface area contributed by atoms with Crippen molar-refractivity contribution in [1.29, 1.82) is 0 Å². The summed E-state index contributed by atoms with van der Waals surface area (Å²) in [5.74, 6) is 0.906. The molecule has 0 saturated heterocycles. The molecule has 3 heteroatoms. The van der Waals surface area contributed by atoms with Gasteiger partial charge in [0.1, 0.15) is 5.75 Å². The van der Waals surface area contributed by atoms with E-state index in [1.807, 2.05) is 18.2 Å². The summed E-state index contributed by atoms with van der Waals surface area (Å²) in [6.45, 7) is 0. The molecule has 1 atom stereocenters. The van der Waals surface area contributed by atoms with Gasteiger partial charge in [-0.3, -0.25) is 0 Å². The minimum atomic E-state index is 0.144. The monoisotopic (exact) mass is 404 g/mol. The molecular weight excluding hydrogens is 392 g/mol. The van der Waals surface area contributed by atoms with Crippen LogP contribution in [0.5, 0.6) is 5.75 Å². The lowest BCUT2D eigenvalue weighted by Crippen LogP contribution is -1.95. The molecule has 3 aromatic carbocycles. The van der Waals surface area contributed by atoms with Crippen LogP contribution in [0.1, 0.15) is 16.0 Å². The summed E-state index contributed by atoms with van der Waals surface area (Å²) in [6.07, 6.45) is 0. The Labute approximate surface area is 141 Å². The predicted octanol–water partition coefficient (Wildman–Crippen LogP) is 6.10. The molecule has 1 nitrogen and oxygen atoms in total. The zero-order valence-corrected chi connectivity index (χ0v) is 14.7. The van der Waals surface area contributed by atoms with Crippen molar-refractivity contribution in [1.82, 2.24) is 0 Å². The molecule has 1 unspecified atom stereocenters. The van der Waals surface area contributed by atoms with Crippen molar-refractivity contribution in [3.8, 4) is 5.75 Å². The van der Waals surface area contributed by atoms with Gasteiger partial charge >= 0.3 is 0 Å². The van der Waals surface area contributed by atoms with E-state index < -0.39 is 0 Å². The molecule has 0 aliphatic carbocycles. The molecule has 0 N–H and O–H groups in total. The van der Waals surface area contributed by atoms with Gasteiger partial charge in [0.25, 0.3) is 0 Å². The third kappa shape index (κ3) is 2.85. The molecular formula is C18H14Br2O. The number of hydrogen-bond acceptors (Lipinski definition) is 1. The van der Waals surface area contributed by atoms with E-state index in [1.165, 1.54) is 16.5 Å². The molecule has 0 amide bonds. The van der Waals surface area contributed by atoms with Crippen LogP contribution in [0, 0.1) is 0 Å². The van der Waals surface area contributed by atoms with Crippen molar-refractivity contribution in [2.24, 2.45) is 0 Å². The molecule has 3 rings (SSSR count). The lowest BCUT2D eigenvalue weighted by molar-refractivity contribution is 0.419. The number of rotatable bonds is 3. The Hall–Kier alpha value is -1.32. The third-order valence-corrected chi connectivity index (χ3v) is 5.07. The quantitative estimate of drug-likeness (QED) is 0.478. The van der Waals surface area contributed by atoms with E-state index in [1.54, 1.807) is 7.11 Å². The van der Waals surface area contributed by atoms with Crippen LogP contribution < -0.4 is 4.74 Å². The molecule has 0 radical (unpaired) electrons. The second kappa shape index (κ2) is 6.20. The maximum atomic E-state index is 5.46. The molecule has 0 aliphatic heterocycles. The molecule has 0 heterocycles. The zero-order chi connectivity index (χ0) is 14.8. The van der Waals surface area contributed by atoms with Gasteiger partial charge in [0.15, 0.2) is 0 Å². The van der Waals surface area contributed by atoms with Crippen LogP contribution in [-0.2, 0) is 0 Å². The van der Waals surface area contributed by atoms with Gasteiger partial charge in [0.2, 0.25) is 0 Å². The highest BCUT2D eigenvalue weighted by Gasteiger charge is 2.15. The van der Waals surface area contributed by atoms with Gasteiger partial charge in [0.05, 0.1) is 11.9 Å². The molecule has 0 bridgehead atoms. The maximum Gasteiger partial charge on any atom is 0.126 e. The van der Waals surface area contributed by atoms with Crippen molar-refractivity contribution in [2.45, 2.75) is 4.83 Å². The largest absolute Gasteiger partial charge is 0.496 e. The normalized spacial score (nSPS) is 12.3. The first-order valence-electron chi connectivity index (χ1n) is 6.66. The van der Waals surface area contributed by atoms with Crippen LogP contribution in [0.25, 0.3) is 10.8 Å². The lowest BCUT2D eigenvalue weighted by Gasteiger charge is -2.16. The van der Waals surface area contributed by atoms with Crippen LogP contribution in [0.4, 0.5) is 0 Å². The second-order valence-corrected chi connectivity index (χ2v) is 6.65. The van der Waals surface area contributed by atoms with Gasteiger partial charge in [-0.1, -0.05) is 74.3 Å². The van der Waals surface area contributed by atoms with Crippen LogP contribution in [-0.4, -0.2) is 7.11 Å².